The molecule has 3 rings (SSSR count). The Morgan fingerprint density at radius 1 is 1.29 bits per heavy atom. The molecule has 0 saturated carbocycles. The van der Waals surface area contributed by atoms with Gasteiger partial charge >= 0.3 is 12.0 Å². The van der Waals surface area contributed by atoms with E-state index in [9.17, 15) is 14.7 Å². The number of nitrogens with zero attached hydrogens (tertiary/aromatic N) is 1. The van der Waals surface area contributed by atoms with E-state index in [-0.39, 0.29) is 6.03 Å². The second-order valence-electron chi connectivity index (χ2n) is 5.15. The van der Waals surface area contributed by atoms with Gasteiger partial charge in [0.25, 0.3) is 0 Å². The SMILES string of the molecule is O=C(O)C1CCCCN1C(=O)Nc1ccc2sccc2c1. The predicted molar refractivity (Wildman–Crippen MR) is 82.8 cm³/mol. The van der Waals surface area contributed by atoms with E-state index in [1.165, 1.54) is 4.90 Å². The zero-order valence-electron chi connectivity index (χ0n) is 11.4. The zero-order chi connectivity index (χ0) is 14.8. The van der Waals surface area contributed by atoms with E-state index >= 15 is 0 Å². The third-order valence-corrected chi connectivity index (χ3v) is 4.65. The molecule has 0 aliphatic carbocycles. The lowest BCUT2D eigenvalue weighted by atomic mass is 10.0. The number of likely N-dealkylation sites (tertiary alicyclic amines) is 1. The molecule has 1 aliphatic heterocycles. The van der Waals surface area contributed by atoms with Crippen LogP contribution in [0.3, 0.4) is 0 Å². The lowest BCUT2D eigenvalue weighted by Crippen LogP contribution is -2.49. The van der Waals surface area contributed by atoms with Gasteiger partial charge in [-0.05, 0) is 54.3 Å². The zero-order valence-corrected chi connectivity index (χ0v) is 12.2. The van der Waals surface area contributed by atoms with Crippen LogP contribution in [0.1, 0.15) is 19.3 Å². The molecule has 1 aromatic heterocycles. The first-order valence-electron chi connectivity index (χ1n) is 6.93. The fourth-order valence-electron chi connectivity index (χ4n) is 2.67. The Balaban J connectivity index is 1.76. The summed E-state index contributed by atoms with van der Waals surface area (Å²) in [7, 11) is 0. The van der Waals surface area contributed by atoms with Gasteiger partial charge in [-0.15, -0.1) is 11.3 Å². The third-order valence-electron chi connectivity index (χ3n) is 3.75. The molecule has 1 unspecified atom stereocenters. The van der Waals surface area contributed by atoms with Crippen LogP contribution in [0.4, 0.5) is 10.5 Å². The van der Waals surface area contributed by atoms with E-state index in [0.29, 0.717) is 18.7 Å². The van der Waals surface area contributed by atoms with E-state index < -0.39 is 12.0 Å². The second-order valence-corrected chi connectivity index (χ2v) is 6.09. The van der Waals surface area contributed by atoms with Crippen LogP contribution in [0, 0.1) is 0 Å². The van der Waals surface area contributed by atoms with Gasteiger partial charge in [0.05, 0.1) is 0 Å². The maximum atomic E-state index is 12.3. The fraction of sp³-hybridized carbons (Fsp3) is 0.333. The molecule has 1 atom stereocenters. The molecule has 1 aliphatic rings. The molecule has 0 bridgehead atoms. The molecule has 2 N–H and O–H groups in total. The summed E-state index contributed by atoms with van der Waals surface area (Å²) in [6.07, 6.45) is 2.22. The number of piperidine rings is 1. The van der Waals surface area contributed by atoms with Crippen LogP contribution in [-0.4, -0.2) is 34.6 Å². The topological polar surface area (TPSA) is 69.6 Å². The van der Waals surface area contributed by atoms with Crippen molar-refractivity contribution in [2.75, 3.05) is 11.9 Å². The minimum Gasteiger partial charge on any atom is -0.480 e. The average molecular weight is 304 g/mol. The van der Waals surface area contributed by atoms with Crippen molar-refractivity contribution in [1.29, 1.82) is 0 Å². The first-order valence-corrected chi connectivity index (χ1v) is 7.81. The van der Waals surface area contributed by atoms with Crippen molar-refractivity contribution in [2.24, 2.45) is 0 Å². The van der Waals surface area contributed by atoms with Crippen LogP contribution in [0.15, 0.2) is 29.6 Å². The smallest absolute Gasteiger partial charge is 0.326 e. The minimum absolute atomic E-state index is 0.336. The van der Waals surface area contributed by atoms with Crippen molar-refractivity contribution >= 4 is 39.1 Å². The van der Waals surface area contributed by atoms with Gasteiger partial charge in [0.15, 0.2) is 0 Å². The van der Waals surface area contributed by atoms with Crippen LogP contribution in [0.25, 0.3) is 10.1 Å². The highest BCUT2D eigenvalue weighted by Gasteiger charge is 2.31. The number of nitrogens with one attached hydrogen (secondary N) is 1. The number of hydrogen-bond acceptors (Lipinski definition) is 3. The van der Waals surface area contributed by atoms with Gasteiger partial charge in [-0.1, -0.05) is 0 Å². The van der Waals surface area contributed by atoms with Crippen molar-refractivity contribution < 1.29 is 14.7 Å². The van der Waals surface area contributed by atoms with Crippen LogP contribution in [-0.2, 0) is 4.79 Å². The van der Waals surface area contributed by atoms with Crippen LogP contribution in [0.5, 0.6) is 0 Å². The molecule has 21 heavy (non-hydrogen) atoms. The standard InChI is InChI=1S/C15H16N2O3S/c18-14(19)12-3-1-2-7-17(12)15(20)16-11-4-5-13-10(9-11)6-8-21-13/h4-6,8-9,12H,1-3,7H2,(H,16,20)(H,18,19). The summed E-state index contributed by atoms with van der Waals surface area (Å²) < 4.78 is 1.16. The Bertz CT molecular complexity index is 682. The number of carboxylic acid groups (broad SMARTS) is 1. The third kappa shape index (κ3) is 2.85. The Labute approximate surface area is 126 Å². The monoisotopic (exact) mass is 304 g/mol. The van der Waals surface area contributed by atoms with E-state index in [1.807, 2.05) is 29.6 Å². The van der Waals surface area contributed by atoms with Gasteiger partial charge < -0.3 is 15.3 Å². The quantitative estimate of drug-likeness (QED) is 0.893. The largest absolute Gasteiger partial charge is 0.480 e. The Morgan fingerprint density at radius 3 is 2.95 bits per heavy atom. The summed E-state index contributed by atoms with van der Waals surface area (Å²) in [5.41, 5.74) is 0.695. The van der Waals surface area contributed by atoms with Crippen LogP contribution in [0.2, 0.25) is 0 Å². The molecule has 0 spiro atoms. The number of benzene rings is 1. The van der Waals surface area contributed by atoms with Gasteiger partial charge in [-0.2, -0.15) is 0 Å². The Hall–Kier alpha value is -2.08. The Morgan fingerprint density at radius 2 is 2.14 bits per heavy atom. The van der Waals surface area contributed by atoms with Crippen molar-refractivity contribution in [3.8, 4) is 0 Å². The highest BCUT2D eigenvalue weighted by Crippen LogP contribution is 2.25. The molecule has 2 aromatic rings. The lowest BCUT2D eigenvalue weighted by Gasteiger charge is -2.32. The molecular weight excluding hydrogens is 288 g/mol. The Kier molecular flexibility index (Phi) is 3.79. The summed E-state index contributed by atoms with van der Waals surface area (Å²) in [5, 5.41) is 15.1. The predicted octanol–water partition coefficient (Wildman–Crippen LogP) is 3.37. The summed E-state index contributed by atoms with van der Waals surface area (Å²) in [6.45, 7) is 0.490. The number of hydrogen-bond donors (Lipinski definition) is 2. The maximum Gasteiger partial charge on any atom is 0.326 e. The number of carbonyl (C=O) groups excluding carboxylic acids is 1. The number of fused-ring (bicyclic) bond motifs is 1. The number of anilines is 1. The normalized spacial score (nSPS) is 18.7. The van der Waals surface area contributed by atoms with Crippen molar-refractivity contribution in [2.45, 2.75) is 25.3 Å². The number of rotatable bonds is 2. The number of amides is 2. The lowest BCUT2D eigenvalue weighted by molar-refractivity contribution is -0.143. The second kappa shape index (κ2) is 5.73. The van der Waals surface area contributed by atoms with E-state index in [2.05, 4.69) is 5.32 Å². The first kappa shape index (κ1) is 13.9. The van der Waals surface area contributed by atoms with Crippen LogP contribution < -0.4 is 5.32 Å². The number of urea groups is 1. The van der Waals surface area contributed by atoms with Gasteiger partial charge in [-0.3, -0.25) is 0 Å². The molecule has 2 heterocycles. The first-order chi connectivity index (χ1) is 10.1. The molecule has 1 fully saturated rings. The van der Waals surface area contributed by atoms with Crippen molar-refractivity contribution in [3.63, 3.8) is 0 Å². The molecule has 1 saturated heterocycles. The van der Waals surface area contributed by atoms with Crippen LogP contribution >= 0.6 is 11.3 Å². The highest BCUT2D eigenvalue weighted by atomic mass is 32.1. The summed E-state index contributed by atoms with van der Waals surface area (Å²) in [4.78, 5) is 25.0. The van der Waals surface area contributed by atoms with E-state index in [0.717, 1.165) is 22.9 Å². The van der Waals surface area contributed by atoms with Gasteiger partial charge in [-0.25, -0.2) is 9.59 Å². The molecule has 1 aromatic carbocycles. The van der Waals surface area contributed by atoms with E-state index in [4.69, 9.17) is 0 Å². The van der Waals surface area contributed by atoms with Crippen molar-refractivity contribution in [1.82, 2.24) is 4.90 Å². The number of thiophene rings is 1. The minimum atomic E-state index is -0.932. The summed E-state index contributed by atoms with van der Waals surface area (Å²) >= 11 is 1.65. The molecule has 2 amide bonds. The molecule has 6 heteroatoms. The molecule has 110 valence electrons. The molecular formula is C15H16N2O3S. The number of carboxylic acids is 1. The molecule has 0 radical (unpaired) electrons. The molecule has 5 nitrogen and oxygen atoms in total. The number of carbonyl (C=O) groups is 2. The fourth-order valence-corrected chi connectivity index (χ4v) is 3.44. The average Bonchev–Trinajstić information content (AvgIpc) is 2.94. The summed E-state index contributed by atoms with van der Waals surface area (Å²) in [6, 6.07) is 6.65. The van der Waals surface area contributed by atoms with Gasteiger partial charge in [0.2, 0.25) is 0 Å². The van der Waals surface area contributed by atoms with Gasteiger partial charge in [0.1, 0.15) is 6.04 Å². The van der Waals surface area contributed by atoms with E-state index in [1.54, 1.807) is 11.3 Å². The van der Waals surface area contributed by atoms with Crippen molar-refractivity contribution in [3.05, 3.63) is 29.6 Å². The maximum absolute atomic E-state index is 12.3. The highest BCUT2D eigenvalue weighted by molar-refractivity contribution is 7.17. The van der Waals surface area contributed by atoms with Gasteiger partial charge in [0, 0.05) is 16.9 Å². The number of aliphatic carboxylic acids is 1. The summed E-state index contributed by atoms with van der Waals surface area (Å²) in [5.74, 6) is -0.932.